The van der Waals surface area contributed by atoms with Gasteiger partial charge in [-0.2, -0.15) is 13.2 Å². The Morgan fingerprint density at radius 3 is 2.60 bits per heavy atom. The third kappa shape index (κ3) is 6.60. The predicted molar refractivity (Wildman–Crippen MR) is 152 cm³/mol. The van der Waals surface area contributed by atoms with Crippen LogP contribution in [0.15, 0.2) is 55.1 Å². The molecule has 4 atom stereocenters. The summed E-state index contributed by atoms with van der Waals surface area (Å²) in [5.74, 6) is -0.601. The highest BCUT2D eigenvalue weighted by Crippen LogP contribution is 2.41. The second-order valence-electron chi connectivity index (χ2n) is 11.3. The number of likely N-dealkylation sites (N-methyl/N-ethyl adjacent to an activating group) is 1. The zero-order chi connectivity index (χ0) is 29.0. The van der Waals surface area contributed by atoms with Crippen molar-refractivity contribution in [2.24, 2.45) is 5.92 Å². The van der Waals surface area contributed by atoms with E-state index in [1.165, 1.54) is 31.4 Å². The summed E-state index contributed by atoms with van der Waals surface area (Å²) in [6.07, 6.45) is 3.87. The number of fused-ring (bicyclic) bond motifs is 1. The molecule has 2 heterocycles. The molecule has 4 unspecified atom stereocenters. The van der Waals surface area contributed by atoms with Gasteiger partial charge in [0.25, 0.3) is 5.91 Å². The molecule has 2 saturated heterocycles. The van der Waals surface area contributed by atoms with Crippen LogP contribution in [0.25, 0.3) is 0 Å². The quantitative estimate of drug-likeness (QED) is 0.267. The van der Waals surface area contributed by atoms with Crippen LogP contribution in [0.3, 0.4) is 0 Å². The van der Waals surface area contributed by atoms with E-state index >= 15 is 0 Å². The molecule has 0 radical (unpaired) electrons. The van der Waals surface area contributed by atoms with E-state index in [-0.39, 0.29) is 29.5 Å². The molecule has 0 bridgehead atoms. The van der Waals surface area contributed by atoms with Gasteiger partial charge in [0.2, 0.25) is 5.91 Å². The van der Waals surface area contributed by atoms with Gasteiger partial charge in [0.05, 0.1) is 11.5 Å². The fraction of sp³-hybridized carbons (Fsp3) is 0.500. The average molecular weight is 556 g/mol. The zero-order valence-electron chi connectivity index (χ0n) is 23.6. The topological polar surface area (TPSA) is 52.7 Å². The van der Waals surface area contributed by atoms with Crippen LogP contribution in [0.2, 0.25) is 0 Å². The third-order valence-corrected chi connectivity index (χ3v) is 8.58. The van der Waals surface area contributed by atoms with Crippen molar-refractivity contribution in [3.8, 4) is 0 Å². The summed E-state index contributed by atoms with van der Waals surface area (Å²) in [5.41, 5.74) is 1.29. The Bertz CT molecular complexity index is 1230. The van der Waals surface area contributed by atoms with Crippen molar-refractivity contribution in [2.45, 2.75) is 76.6 Å². The summed E-state index contributed by atoms with van der Waals surface area (Å²) in [6, 6.07) is 10.1. The molecule has 2 aliphatic heterocycles. The molecule has 2 aliphatic rings. The second kappa shape index (κ2) is 12.6. The van der Waals surface area contributed by atoms with Crippen LogP contribution >= 0.6 is 0 Å². The van der Waals surface area contributed by atoms with Gasteiger partial charge in [0.1, 0.15) is 0 Å². The summed E-state index contributed by atoms with van der Waals surface area (Å²) in [5, 5.41) is 2.73. The molecule has 4 rings (SSSR count). The number of carbonyl (C=O) groups is 2. The van der Waals surface area contributed by atoms with E-state index < -0.39 is 17.6 Å². The minimum Gasteiger partial charge on any atom is -0.342 e. The van der Waals surface area contributed by atoms with Crippen molar-refractivity contribution in [3.05, 3.63) is 77.4 Å². The third-order valence-electron chi connectivity index (χ3n) is 8.58. The van der Waals surface area contributed by atoms with E-state index in [0.717, 1.165) is 55.6 Å². The standard InChI is InChI=1S/C32H40F3N3O2/c1-5-7-8-9-15-38-20-23-17-28(31(40)37(4)29(23)19-26(38)6-2)27-18-25(14-13-21(27)3)36-30(39)22-11-10-12-24(16-22)32(33,34)35/h6,10-14,16,18,23,26,28-29H,2,5,7-9,15,17,19-20H2,1,3-4H3,(H,36,39). The van der Waals surface area contributed by atoms with Crippen LogP contribution in [0.4, 0.5) is 18.9 Å². The SMILES string of the molecule is C=CC1CC2C(CC(c3cc(NC(=O)c4cccc(C(F)(F)F)c4)ccc3C)C(=O)N2C)CN1CCCCCC. The van der Waals surface area contributed by atoms with Gasteiger partial charge in [0, 0.05) is 36.9 Å². The number of anilines is 1. The van der Waals surface area contributed by atoms with Gasteiger partial charge in [-0.1, -0.05) is 44.4 Å². The van der Waals surface area contributed by atoms with Gasteiger partial charge in [0.15, 0.2) is 0 Å². The first-order chi connectivity index (χ1) is 19.0. The second-order valence-corrected chi connectivity index (χ2v) is 11.3. The van der Waals surface area contributed by atoms with Crippen LogP contribution in [0.1, 0.15) is 78.4 Å². The van der Waals surface area contributed by atoms with E-state index in [2.05, 4.69) is 23.7 Å². The van der Waals surface area contributed by atoms with E-state index in [9.17, 15) is 22.8 Å². The maximum atomic E-state index is 13.6. The average Bonchev–Trinajstić information content (AvgIpc) is 2.93. The van der Waals surface area contributed by atoms with E-state index in [1.54, 1.807) is 12.1 Å². The summed E-state index contributed by atoms with van der Waals surface area (Å²) in [6.45, 7) is 10.2. The Morgan fingerprint density at radius 1 is 1.12 bits per heavy atom. The lowest BCUT2D eigenvalue weighted by Gasteiger charge is -2.51. The Labute approximate surface area is 235 Å². The maximum absolute atomic E-state index is 13.6. The van der Waals surface area contributed by atoms with Crippen LogP contribution in [-0.4, -0.2) is 53.8 Å². The number of piperidine rings is 2. The number of hydrogen-bond acceptors (Lipinski definition) is 3. The number of amides is 2. The first-order valence-electron chi connectivity index (χ1n) is 14.3. The molecule has 0 saturated carbocycles. The van der Waals surface area contributed by atoms with Crippen LogP contribution in [-0.2, 0) is 11.0 Å². The molecule has 0 spiro atoms. The number of rotatable bonds is 9. The summed E-state index contributed by atoms with van der Waals surface area (Å²) >= 11 is 0. The van der Waals surface area contributed by atoms with Crippen molar-refractivity contribution in [1.29, 1.82) is 0 Å². The monoisotopic (exact) mass is 555 g/mol. The lowest BCUT2D eigenvalue weighted by Crippen LogP contribution is -2.59. The Balaban J connectivity index is 1.52. The number of hydrogen-bond donors (Lipinski definition) is 1. The van der Waals surface area contributed by atoms with Crippen molar-refractivity contribution in [2.75, 3.05) is 25.5 Å². The van der Waals surface area contributed by atoms with Gasteiger partial charge >= 0.3 is 6.18 Å². The minimum atomic E-state index is -4.53. The minimum absolute atomic E-state index is 0.0601. The van der Waals surface area contributed by atoms with Crippen LogP contribution in [0, 0.1) is 12.8 Å². The highest BCUT2D eigenvalue weighted by Gasteiger charge is 2.45. The summed E-state index contributed by atoms with van der Waals surface area (Å²) in [7, 11) is 1.89. The molecule has 2 amide bonds. The Hall–Kier alpha value is -3.13. The molecule has 0 aliphatic carbocycles. The lowest BCUT2D eigenvalue weighted by atomic mass is 9.74. The molecule has 40 heavy (non-hydrogen) atoms. The first kappa shape index (κ1) is 29.8. The fourth-order valence-corrected chi connectivity index (χ4v) is 6.30. The molecule has 0 aromatic heterocycles. The molecule has 1 N–H and O–H groups in total. The Kier molecular flexibility index (Phi) is 9.39. The highest BCUT2D eigenvalue weighted by molar-refractivity contribution is 6.04. The summed E-state index contributed by atoms with van der Waals surface area (Å²) in [4.78, 5) is 30.9. The molecule has 216 valence electrons. The summed E-state index contributed by atoms with van der Waals surface area (Å²) < 4.78 is 39.4. The number of halogens is 3. The number of aryl methyl sites for hydroxylation is 1. The van der Waals surface area contributed by atoms with Gasteiger partial charge < -0.3 is 10.2 Å². The van der Waals surface area contributed by atoms with Crippen molar-refractivity contribution < 1.29 is 22.8 Å². The van der Waals surface area contributed by atoms with Gasteiger partial charge in [-0.3, -0.25) is 14.5 Å². The number of nitrogens with one attached hydrogen (secondary N) is 1. The van der Waals surface area contributed by atoms with Crippen LogP contribution in [0.5, 0.6) is 0 Å². The molecular formula is C32H40F3N3O2. The molecular weight excluding hydrogens is 515 g/mol. The van der Waals surface area contributed by atoms with Gasteiger partial charge in [-0.15, -0.1) is 6.58 Å². The van der Waals surface area contributed by atoms with Gasteiger partial charge in [-0.05, 0) is 80.1 Å². The number of alkyl halides is 3. The molecule has 5 nitrogen and oxygen atoms in total. The molecule has 2 fully saturated rings. The molecule has 2 aromatic rings. The lowest BCUT2D eigenvalue weighted by molar-refractivity contribution is -0.142. The largest absolute Gasteiger partial charge is 0.416 e. The smallest absolute Gasteiger partial charge is 0.342 e. The van der Waals surface area contributed by atoms with Crippen molar-refractivity contribution in [1.82, 2.24) is 9.80 Å². The number of benzene rings is 2. The maximum Gasteiger partial charge on any atom is 0.416 e. The molecule has 2 aromatic carbocycles. The number of unbranched alkanes of at least 4 members (excludes halogenated alkanes) is 3. The highest BCUT2D eigenvalue weighted by atomic mass is 19.4. The normalized spacial score (nSPS) is 23.6. The number of nitrogens with zero attached hydrogens (tertiary/aromatic N) is 2. The van der Waals surface area contributed by atoms with Crippen molar-refractivity contribution in [3.63, 3.8) is 0 Å². The van der Waals surface area contributed by atoms with Crippen LogP contribution < -0.4 is 5.32 Å². The number of likely N-dealkylation sites (tertiary alicyclic amines) is 2. The predicted octanol–water partition coefficient (Wildman–Crippen LogP) is 7.04. The van der Waals surface area contributed by atoms with Crippen molar-refractivity contribution >= 4 is 17.5 Å². The Morgan fingerprint density at radius 2 is 1.90 bits per heavy atom. The van der Waals surface area contributed by atoms with E-state index in [4.69, 9.17) is 0 Å². The van der Waals surface area contributed by atoms with E-state index in [0.29, 0.717) is 11.6 Å². The molecule has 8 heteroatoms. The van der Waals surface area contributed by atoms with Gasteiger partial charge in [-0.25, -0.2) is 0 Å². The van der Waals surface area contributed by atoms with E-state index in [1.807, 2.05) is 31.0 Å². The fourth-order valence-electron chi connectivity index (χ4n) is 6.30. The number of carbonyl (C=O) groups excluding carboxylic acids is 2. The first-order valence-corrected chi connectivity index (χ1v) is 14.3. The zero-order valence-corrected chi connectivity index (χ0v) is 23.6.